The van der Waals surface area contributed by atoms with E-state index in [0.29, 0.717) is 17.2 Å². The van der Waals surface area contributed by atoms with E-state index in [0.717, 1.165) is 31.7 Å². The second kappa shape index (κ2) is 5.94. The predicted octanol–water partition coefficient (Wildman–Crippen LogP) is 4.14. The van der Waals surface area contributed by atoms with Gasteiger partial charge >= 0.3 is 0 Å². The summed E-state index contributed by atoms with van der Waals surface area (Å²) in [6.45, 7) is 9.17. The topological polar surface area (TPSA) is 20.3 Å². The summed E-state index contributed by atoms with van der Waals surface area (Å²) in [5.74, 6) is 1.38. The molecular weight excluding hydrogens is 234 g/mol. The lowest BCUT2D eigenvalue weighted by molar-refractivity contribution is -0.130. The molecule has 19 heavy (non-hydrogen) atoms. The van der Waals surface area contributed by atoms with Crippen LogP contribution in [0.1, 0.15) is 52.4 Å². The van der Waals surface area contributed by atoms with Gasteiger partial charge in [0.2, 0.25) is 5.91 Å². The Morgan fingerprint density at radius 2 is 2.16 bits per heavy atom. The Morgan fingerprint density at radius 3 is 2.74 bits per heavy atom. The third kappa shape index (κ3) is 3.71. The number of hydrogen-bond donors (Lipinski definition) is 0. The molecule has 0 bridgehead atoms. The number of nitrogens with zero attached hydrogens (tertiary/aromatic N) is 1. The van der Waals surface area contributed by atoms with Crippen molar-refractivity contribution in [2.45, 2.75) is 52.4 Å². The van der Waals surface area contributed by atoms with Crippen LogP contribution in [0.15, 0.2) is 24.9 Å². The Labute approximate surface area is 117 Å². The zero-order chi connectivity index (χ0) is 13.9. The molecule has 0 N–H and O–H groups in total. The molecule has 2 heteroatoms. The smallest absolute Gasteiger partial charge is 0.229 e. The average molecular weight is 261 g/mol. The Hall–Kier alpha value is -1.05. The van der Waals surface area contributed by atoms with E-state index in [1.165, 1.54) is 19.3 Å². The van der Waals surface area contributed by atoms with Crippen molar-refractivity contribution in [3.05, 3.63) is 24.9 Å². The minimum Gasteiger partial charge on any atom is -0.319 e. The molecule has 2 fully saturated rings. The van der Waals surface area contributed by atoms with Gasteiger partial charge in [-0.1, -0.05) is 32.6 Å². The number of allylic oxidation sites excluding steroid dienone is 2. The van der Waals surface area contributed by atoms with E-state index >= 15 is 0 Å². The van der Waals surface area contributed by atoms with E-state index in [2.05, 4.69) is 32.6 Å². The molecule has 0 aliphatic heterocycles. The second-order valence-corrected chi connectivity index (χ2v) is 6.44. The molecule has 0 heterocycles. The van der Waals surface area contributed by atoms with Crippen LogP contribution in [0.2, 0.25) is 0 Å². The van der Waals surface area contributed by atoms with Gasteiger partial charge in [-0.3, -0.25) is 4.79 Å². The fourth-order valence-corrected chi connectivity index (χ4v) is 2.92. The Balaban J connectivity index is 1.77. The minimum atomic E-state index is 0.297. The van der Waals surface area contributed by atoms with E-state index in [-0.39, 0.29) is 0 Å². The molecule has 2 aliphatic carbocycles. The van der Waals surface area contributed by atoms with Gasteiger partial charge in [0.25, 0.3) is 0 Å². The molecule has 1 amide bonds. The van der Waals surface area contributed by atoms with Crippen LogP contribution < -0.4 is 0 Å². The van der Waals surface area contributed by atoms with Gasteiger partial charge in [-0.05, 0) is 56.1 Å². The lowest BCUT2D eigenvalue weighted by Gasteiger charge is -2.23. The summed E-state index contributed by atoms with van der Waals surface area (Å²) in [6, 6.07) is 0. The van der Waals surface area contributed by atoms with Gasteiger partial charge in [0.1, 0.15) is 0 Å². The van der Waals surface area contributed by atoms with Crippen LogP contribution in [0.5, 0.6) is 0 Å². The summed E-state index contributed by atoms with van der Waals surface area (Å²) in [4.78, 5) is 14.0. The highest BCUT2D eigenvalue weighted by molar-refractivity contribution is 5.82. The summed E-state index contributed by atoms with van der Waals surface area (Å²) >= 11 is 0. The Morgan fingerprint density at radius 1 is 1.42 bits per heavy atom. The predicted molar refractivity (Wildman–Crippen MR) is 79.5 cm³/mol. The zero-order valence-corrected chi connectivity index (χ0v) is 12.4. The molecule has 2 rings (SSSR count). The fraction of sp³-hybridized carbons (Fsp3) is 0.706. The van der Waals surface area contributed by atoms with Gasteiger partial charge in [0.05, 0.1) is 0 Å². The normalized spacial score (nSPS) is 29.5. The third-order valence-electron chi connectivity index (χ3n) is 4.58. The van der Waals surface area contributed by atoms with Gasteiger partial charge in [-0.15, -0.1) is 0 Å². The van der Waals surface area contributed by atoms with Crippen molar-refractivity contribution in [3.8, 4) is 0 Å². The van der Waals surface area contributed by atoms with Crippen molar-refractivity contribution in [1.29, 1.82) is 0 Å². The summed E-state index contributed by atoms with van der Waals surface area (Å²) in [6.07, 6.45) is 13.2. The summed E-state index contributed by atoms with van der Waals surface area (Å²) in [7, 11) is 0. The van der Waals surface area contributed by atoms with Crippen molar-refractivity contribution in [2.24, 2.45) is 17.3 Å². The highest BCUT2D eigenvalue weighted by Gasteiger charge is 2.50. The van der Waals surface area contributed by atoms with Crippen molar-refractivity contribution < 1.29 is 4.79 Å². The van der Waals surface area contributed by atoms with Crippen LogP contribution >= 0.6 is 0 Å². The van der Waals surface area contributed by atoms with Gasteiger partial charge in [0.15, 0.2) is 0 Å². The van der Waals surface area contributed by atoms with Gasteiger partial charge < -0.3 is 4.90 Å². The molecular formula is C17H27NO. The van der Waals surface area contributed by atoms with E-state index < -0.39 is 0 Å². The Kier molecular flexibility index (Phi) is 4.49. The summed E-state index contributed by atoms with van der Waals surface area (Å²) < 4.78 is 0. The van der Waals surface area contributed by atoms with Crippen LogP contribution in [0.25, 0.3) is 0 Å². The van der Waals surface area contributed by atoms with Crippen LogP contribution in [0, 0.1) is 17.3 Å². The van der Waals surface area contributed by atoms with Crippen molar-refractivity contribution in [3.63, 3.8) is 0 Å². The van der Waals surface area contributed by atoms with Crippen molar-refractivity contribution >= 4 is 5.91 Å². The summed E-state index contributed by atoms with van der Waals surface area (Å²) in [5, 5.41) is 0. The van der Waals surface area contributed by atoms with Crippen molar-refractivity contribution in [1.82, 2.24) is 4.90 Å². The SMILES string of the molecule is C=CN(CC1(C)CC1CCC=CCC)C(=O)C1CC1. The van der Waals surface area contributed by atoms with E-state index in [9.17, 15) is 4.79 Å². The number of rotatable bonds is 8. The molecule has 2 nitrogen and oxygen atoms in total. The van der Waals surface area contributed by atoms with Crippen LogP contribution in [-0.4, -0.2) is 17.4 Å². The molecule has 0 aromatic carbocycles. The monoisotopic (exact) mass is 261 g/mol. The molecule has 2 saturated carbocycles. The first-order valence-electron chi connectivity index (χ1n) is 7.68. The Bertz CT molecular complexity index is 369. The maximum absolute atomic E-state index is 12.1. The standard InChI is InChI=1S/C17H27NO/c1-4-6-7-8-9-15-12-17(15,3)13-18(5-2)16(19)14-10-11-14/h5-7,14-15H,2,4,8-13H2,1,3H3. The minimum absolute atomic E-state index is 0.297. The maximum atomic E-state index is 12.1. The molecule has 0 radical (unpaired) electrons. The van der Waals surface area contributed by atoms with Crippen molar-refractivity contribution in [2.75, 3.05) is 6.54 Å². The molecule has 0 aromatic heterocycles. The molecule has 0 spiro atoms. The van der Waals surface area contributed by atoms with Crippen LogP contribution in [-0.2, 0) is 4.79 Å². The van der Waals surface area contributed by atoms with E-state index in [1.807, 2.05) is 4.90 Å². The zero-order valence-electron chi connectivity index (χ0n) is 12.4. The number of carbonyl (C=O) groups excluding carboxylic acids is 1. The van der Waals surface area contributed by atoms with Crippen LogP contribution in [0.4, 0.5) is 0 Å². The molecule has 0 aromatic rings. The number of carbonyl (C=O) groups is 1. The van der Waals surface area contributed by atoms with E-state index in [1.54, 1.807) is 6.20 Å². The molecule has 2 unspecified atom stereocenters. The summed E-state index contributed by atoms with van der Waals surface area (Å²) in [5.41, 5.74) is 0.332. The fourth-order valence-electron chi connectivity index (χ4n) is 2.92. The largest absolute Gasteiger partial charge is 0.319 e. The molecule has 0 saturated heterocycles. The number of amides is 1. The maximum Gasteiger partial charge on any atom is 0.229 e. The lowest BCUT2D eigenvalue weighted by atomic mass is 10.0. The van der Waals surface area contributed by atoms with Gasteiger partial charge in [0, 0.05) is 12.5 Å². The number of hydrogen-bond acceptors (Lipinski definition) is 1. The first-order chi connectivity index (χ1) is 9.10. The average Bonchev–Trinajstić information content (AvgIpc) is 3.29. The molecule has 106 valence electrons. The van der Waals surface area contributed by atoms with Gasteiger partial charge in [-0.25, -0.2) is 0 Å². The highest BCUT2D eigenvalue weighted by atomic mass is 16.2. The quantitative estimate of drug-likeness (QED) is 0.601. The first kappa shape index (κ1) is 14.4. The lowest BCUT2D eigenvalue weighted by Crippen LogP contribution is -2.32. The van der Waals surface area contributed by atoms with Crippen LogP contribution in [0.3, 0.4) is 0 Å². The van der Waals surface area contributed by atoms with E-state index in [4.69, 9.17) is 0 Å². The third-order valence-corrected chi connectivity index (χ3v) is 4.58. The van der Waals surface area contributed by atoms with Gasteiger partial charge in [-0.2, -0.15) is 0 Å². The highest BCUT2D eigenvalue weighted by Crippen LogP contribution is 2.55. The first-order valence-corrected chi connectivity index (χ1v) is 7.68. The molecule has 2 atom stereocenters. The molecule has 2 aliphatic rings. The second-order valence-electron chi connectivity index (χ2n) is 6.44.